The van der Waals surface area contributed by atoms with Crippen LogP contribution in [-0.2, 0) is 19.6 Å². The molecule has 0 heterocycles. The summed E-state index contributed by atoms with van der Waals surface area (Å²) in [5, 5.41) is 0.412. The zero-order chi connectivity index (χ0) is 19.9. The predicted molar refractivity (Wildman–Crippen MR) is 105 cm³/mol. The molecular weight excluding hydrogens is 390 g/mol. The van der Waals surface area contributed by atoms with Gasteiger partial charge < -0.3 is 9.47 Å². The van der Waals surface area contributed by atoms with E-state index in [0.29, 0.717) is 23.1 Å². The van der Waals surface area contributed by atoms with E-state index in [1.165, 1.54) is 24.3 Å². The molecule has 0 N–H and O–H groups in total. The average molecular weight is 410 g/mol. The Morgan fingerprint density at radius 1 is 1.15 bits per heavy atom. The van der Waals surface area contributed by atoms with Crippen LogP contribution in [0.5, 0.6) is 5.75 Å². The molecule has 8 heteroatoms. The summed E-state index contributed by atoms with van der Waals surface area (Å²) in [7, 11) is -4.00. The average Bonchev–Trinajstić information content (AvgIpc) is 2.65. The summed E-state index contributed by atoms with van der Waals surface area (Å²) in [4.78, 5) is 12.0. The molecule has 6 nitrogen and oxygen atoms in total. The number of benzene rings is 2. The molecule has 0 aliphatic heterocycles. The van der Waals surface area contributed by atoms with Gasteiger partial charge in [0.2, 0.25) is 0 Å². The predicted octanol–water partition coefficient (Wildman–Crippen LogP) is 3.66. The van der Waals surface area contributed by atoms with Gasteiger partial charge in [0.25, 0.3) is 10.0 Å². The summed E-state index contributed by atoms with van der Waals surface area (Å²) in [6, 6.07) is 12.1. The van der Waals surface area contributed by atoms with Gasteiger partial charge in [0.05, 0.1) is 17.2 Å². The number of halogens is 1. The maximum Gasteiger partial charge on any atom is 0.326 e. The van der Waals surface area contributed by atoms with E-state index in [1.54, 1.807) is 37.3 Å². The van der Waals surface area contributed by atoms with Crippen molar-refractivity contribution in [2.24, 2.45) is 0 Å². The van der Waals surface area contributed by atoms with Gasteiger partial charge in [-0.3, -0.25) is 9.10 Å². The number of ether oxygens (including phenoxy) is 2. The van der Waals surface area contributed by atoms with E-state index in [1.807, 2.05) is 0 Å². The number of carbonyl (C=O) groups is 1. The van der Waals surface area contributed by atoms with Gasteiger partial charge in [-0.15, -0.1) is 0 Å². The summed E-state index contributed by atoms with van der Waals surface area (Å²) in [6.07, 6.45) is 1.60. The molecule has 0 amide bonds. The van der Waals surface area contributed by atoms with Crippen LogP contribution < -0.4 is 9.04 Å². The van der Waals surface area contributed by atoms with Crippen molar-refractivity contribution >= 4 is 33.3 Å². The van der Waals surface area contributed by atoms with Gasteiger partial charge in [0, 0.05) is 5.02 Å². The topological polar surface area (TPSA) is 72.9 Å². The largest absolute Gasteiger partial charge is 0.490 e. The molecule has 0 saturated heterocycles. The normalized spacial score (nSPS) is 10.9. The molecule has 0 fully saturated rings. The quantitative estimate of drug-likeness (QED) is 0.466. The fraction of sp³-hybridized carbons (Fsp3) is 0.211. The van der Waals surface area contributed by atoms with Crippen molar-refractivity contribution in [2.45, 2.75) is 11.8 Å². The first-order valence-electron chi connectivity index (χ1n) is 8.16. The summed E-state index contributed by atoms with van der Waals surface area (Å²) in [5.74, 6) is -0.0966. The van der Waals surface area contributed by atoms with Crippen molar-refractivity contribution in [3.05, 3.63) is 66.2 Å². The molecule has 0 bridgehead atoms. The summed E-state index contributed by atoms with van der Waals surface area (Å²) in [5.41, 5.74) is 0.309. The standard InChI is InChI=1S/C19H20ClNO5S/c1-3-13-26-17-9-7-16(8-10-17)21(14-19(22)25-4-2)27(23,24)18-11-5-15(20)6-12-18/h3,5-12H,1,4,13-14H2,2H3. The Morgan fingerprint density at radius 3 is 2.33 bits per heavy atom. The molecule has 0 saturated carbocycles. The lowest BCUT2D eigenvalue weighted by molar-refractivity contribution is -0.141. The summed E-state index contributed by atoms with van der Waals surface area (Å²) < 4.78 is 37.5. The van der Waals surface area contributed by atoms with E-state index in [0.717, 1.165) is 4.31 Å². The number of anilines is 1. The first-order valence-corrected chi connectivity index (χ1v) is 9.98. The maximum absolute atomic E-state index is 13.1. The number of sulfonamides is 1. The highest BCUT2D eigenvalue weighted by Gasteiger charge is 2.27. The fourth-order valence-corrected chi connectivity index (χ4v) is 3.77. The van der Waals surface area contributed by atoms with Gasteiger partial charge in [-0.1, -0.05) is 24.3 Å². The Kier molecular flexibility index (Phi) is 7.27. The second-order valence-corrected chi connectivity index (χ2v) is 7.66. The van der Waals surface area contributed by atoms with Gasteiger partial charge in [0.15, 0.2) is 0 Å². The number of carbonyl (C=O) groups excluding carboxylic acids is 1. The zero-order valence-electron chi connectivity index (χ0n) is 14.8. The van der Waals surface area contributed by atoms with E-state index >= 15 is 0 Å². The van der Waals surface area contributed by atoms with Gasteiger partial charge >= 0.3 is 5.97 Å². The van der Waals surface area contributed by atoms with Gasteiger partial charge in [-0.05, 0) is 55.5 Å². The van der Waals surface area contributed by atoms with E-state index in [9.17, 15) is 13.2 Å². The zero-order valence-corrected chi connectivity index (χ0v) is 16.4. The molecule has 0 atom stereocenters. The van der Waals surface area contributed by atoms with Crippen molar-refractivity contribution < 1.29 is 22.7 Å². The van der Waals surface area contributed by atoms with Crippen LogP contribution in [-0.4, -0.2) is 34.1 Å². The lowest BCUT2D eigenvalue weighted by atomic mass is 10.3. The Bertz CT molecular complexity index is 879. The summed E-state index contributed by atoms with van der Waals surface area (Å²) >= 11 is 5.84. The van der Waals surface area contributed by atoms with Crippen LogP contribution in [0, 0.1) is 0 Å². The molecule has 0 aromatic heterocycles. The van der Waals surface area contributed by atoms with Crippen molar-refractivity contribution in [3.8, 4) is 5.75 Å². The molecule has 144 valence electrons. The van der Waals surface area contributed by atoms with E-state index < -0.39 is 22.5 Å². The molecule has 27 heavy (non-hydrogen) atoms. The fourth-order valence-electron chi connectivity index (χ4n) is 2.24. The van der Waals surface area contributed by atoms with Crippen LogP contribution >= 0.6 is 11.6 Å². The third-order valence-corrected chi connectivity index (χ3v) is 5.51. The highest BCUT2D eigenvalue weighted by molar-refractivity contribution is 7.92. The van der Waals surface area contributed by atoms with Crippen LogP contribution in [0.2, 0.25) is 5.02 Å². The van der Waals surface area contributed by atoms with Gasteiger partial charge in [0.1, 0.15) is 18.9 Å². The minimum atomic E-state index is -4.00. The third-order valence-electron chi connectivity index (χ3n) is 3.47. The third kappa shape index (κ3) is 5.48. The molecular formula is C19H20ClNO5S. The van der Waals surface area contributed by atoms with Crippen LogP contribution in [0.25, 0.3) is 0 Å². The number of hydrogen-bond acceptors (Lipinski definition) is 5. The molecule has 0 spiro atoms. The molecule has 0 aliphatic rings. The van der Waals surface area contributed by atoms with Crippen molar-refractivity contribution in [2.75, 3.05) is 24.1 Å². The Balaban J connectivity index is 2.39. The number of nitrogens with zero attached hydrogens (tertiary/aromatic N) is 1. The second-order valence-electron chi connectivity index (χ2n) is 5.36. The highest BCUT2D eigenvalue weighted by atomic mass is 35.5. The van der Waals surface area contributed by atoms with Crippen LogP contribution in [0.3, 0.4) is 0 Å². The van der Waals surface area contributed by atoms with E-state index in [-0.39, 0.29) is 11.5 Å². The minimum Gasteiger partial charge on any atom is -0.490 e. The Hall–Kier alpha value is -2.51. The minimum absolute atomic E-state index is 0.0168. The highest BCUT2D eigenvalue weighted by Crippen LogP contribution is 2.26. The smallest absolute Gasteiger partial charge is 0.326 e. The molecule has 2 rings (SSSR count). The first kappa shape index (κ1) is 20.8. The van der Waals surface area contributed by atoms with E-state index in [2.05, 4.69) is 6.58 Å². The van der Waals surface area contributed by atoms with Gasteiger partial charge in [-0.2, -0.15) is 0 Å². The molecule has 2 aromatic carbocycles. The molecule has 0 unspecified atom stereocenters. The van der Waals surface area contributed by atoms with Crippen LogP contribution in [0.1, 0.15) is 6.92 Å². The van der Waals surface area contributed by atoms with Gasteiger partial charge in [-0.25, -0.2) is 8.42 Å². The van der Waals surface area contributed by atoms with Crippen molar-refractivity contribution in [1.29, 1.82) is 0 Å². The number of esters is 1. The SMILES string of the molecule is C=CCOc1ccc(N(CC(=O)OCC)S(=O)(=O)c2ccc(Cl)cc2)cc1. The first-order chi connectivity index (χ1) is 12.9. The number of rotatable bonds is 9. The van der Waals surface area contributed by atoms with Crippen LogP contribution in [0.4, 0.5) is 5.69 Å². The monoisotopic (exact) mass is 409 g/mol. The van der Waals surface area contributed by atoms with Crippen molar-refractivity contribution in [3.63, 3.8) is 0 Å². The molecule has 2 aromatic rings. The Labute approximate surface area is 164 Å². The van der Waals surface area contributed by atoms with Crippen molar-refractivity contribution in [1.82, 2.24) is 0 Å². The maximum atomic E-state index is 13.1. The lowest BCUT2D eigenvalue weighted by Gasteiger charge is -2.24. The second kappa shape index (κ2) is 9.43. The van der Waals surface area contributed by atoms with E-state index in [4.69, 9.17) is 21.1 Å². The number of hydrogen-bond donors (Lipinski definition) is 0. The molecule has 0 aliphatic carbocycles. The Morgan fingerprint density at radius 2 is 1.78 bits per heavy atom. The molecule has 0 radical (unpaired) electrons. The van der Waals surface area contributed by atoms with Crippen LogP contribution in [0.15, 0.2) is 66.1 Å². The lowest BCUT2D eigenvalue weighted by Crippen LogP contribution is -2.36. The summed E-state index contributed by atoms with van der Waals surface area (Å²) in [6.45, 7) is 5.26.